The summed E-state index contributed by atoms with van der Waals surface area (Å²) >= 11 is 0. The van der Waals surface area contributed by atoms with Gasteiger partial charge in [0.25, 0.3) is 5.91 Å². The number of rotatable bonds is 5. The Morgan fingerprint density at radius 3 is 2.25 bits per heavy atom. The Labute approximate surface area is 229 Å². The number of carbonyl (C=O) groups excluding carboxylic acids is 3. The van der Waals surface area contributed by atoms with E-state index >= 15 is 0 Å². The van der Waals surface area contributed by atoms with Crippen LogP contribution in [-0.4, -0.2) is 60.0 Å². The summed E-state index contributed by atoms with van der Waals surface area (Å²) in [7, 11) is 0. The van der Waals surface area contributed by atoms with Gasteiger partial charge in [0.15, 0.2) is 5.69 Å². The molecule has 2 amide bonds. The first-order valence-corrected chi connectivity index (χ1v) is 13.0. The molecule has 2 aliphatic rings. The van der Waals surface area contributed by atoms with Crippen LogP contribution in [0.3, 0.4) is 0 Å². The Bertz CT molecular complexity index is 1380. The van der Waals surface area contributed by atoms with Gasteiger partial charge in [-0.2, -0.15) is 13.2 Å². The van der Waals surface area contributed by atoms with Gasteiger partial charge >= 0.3 is 18.1 Å². The molecule has 3 heterocycles. The third-order valence-electron chi connectivity index (χ3n) is 7.41. The molecule has 5 rings (SSSR count). The first-order chi connectivity index (χ1) is 19.2. The second kappa shape index (κ2) is 11.1. The van der Waals surface area contributed by atoms with Crippen LogP contribution in [-0.2, 0) is 21.0 Å². The van der Waals surface area contributed by atoms with Crippen molar-refractivity contribution in [1.29, 1.82) is 0 Å². The molecule has 40 heavy (non-hydrogen) atoms. The van der Waals surface area contributed by atoms with Crippen molar-refractivity contribution >= 4 is 29.2 Å². The van der Waals surface area contributed by atoms with Crippen molar-refractivity contribution in [1.82, 2.24) is 14.5 Å². The Morgan fingerprint density at radius 2 is 1.57 bits per heavy atom. The number of para-hydroxylation sites is 1. The first kappa shape index (κ1) is 27.3. The van der Waals surface area contributed by atoms with E-state index in [1.54, 1.807) is 60.9 Å². The maximum atomic E-state index is 14.0. The van der Waals surface area contributed by atoms with E-state index in [2.05, 4.69) is 9.88 Å². The number of hydrogen-bond acceptors (Lipinski definition) is 6. The molecule has 1 aromatic heterocycles. The number of halogens is 3. The number of nitrogens with zero attached hydrogens (tertiary/aromatic N) is 4. The molecule has 0 aliphatic carbocycles. The quantitative estimate of drug-likeness (QED) is 0.433. The third kappa shape index (κ3) is 5.55. The van der Waals surface area contributed by atoms with Gasteiger partial charge in [-0.15, -0.1) is 0 Å². The number of benzene rings is 2. The fourth-order valence-electron chi connectivity index (χ4n) is 5.40. The summed E-state index contributed by atoms with van der Waals surface area (Å²) < 4.78 is 39.4. The molecule has 1 unspecified atom stereocenters. The van der Waals surface area contributed by atoms with E-state index < -0.39 is 35.2 Å². The molecule has 0 saturated carbocycles. The van der Waals surface area contributed by atoms with E-state index in [1.165, 1.54) is 11.0 Å². The second-order valence-corrected chi connectivity index (χ2v) is 9.98. The van der Waals surface area contributed by atoms with Crippen LogP contribution in [0.2, 0.25) is 0 Å². The fraction of sp³-hybridized carbons (Fsp3) is 0.310. The minimum absolute atomic E-state index is 0.0281. The summed E-state index contributed by atoms with van der Waals surface area (Å²) in [4.78, 5) is 52.3. The molecule has 0 bridgehead atoms. The summed E-state index contributed by atoms with van der Waals surface area (Å²) in [5, 5.41) is 0. The van der Waals surface area contributed by atoms with E-state index in [0.717, 1.165) is 5.69 Å². The highest BCUT2D eigenvalue weighted by Crippen LogP contribution is 2.37. The number of carbonyl (C=O) groups is 3. The van der Waals surface area contributed by atoms with E-state index in [4.69, 9.17) is 4.84 Å². The zero-order valence-corrected chi connectivity index (χ0v) is 21.6. The lowest BCUT2D eigenvalue weighted by molar-refractivity contribution is -0.235. The molecule has 11 heteroatoms. The fourth-order valence-corrected chi connectivity index (χ4v) is 5.40. The topological polar surface area (TPSA) is 79.8 Å². The van der Waals surface area contributed by atoms with Gasteiger partial charge in [0.1, 0.15) is 13.1 Å². The highest BCUT2D eigenvalue weighted by Gasteiger charge is 2.55. The summed E-state index contributed by atoms with van der Waals surface area (Å²) in [6, 6.07) is 18.5. The monoisotopic (exact) mass is 553 g/mol. The van der Waals surface area contributed by atoms with Crippen LogP contribution in [0, 0.1) is 5.92 Å². The number of hydroxylamine groups is 2. The highest BCUT2D eigenvalue weighted by atomic mass is 19.4. The number of piperidine rings is 1. The predicted octanol–water partition coefficient (Wildman–Crippen LogP) is 4.51. The predicted molar refractivity (Wildman–Crippen MR) is 141 cm³/mol. The molecule has 0 radical (unpaired) electrons. The van der Waals surface area contributed by atoms with E-state index in [0.29, 0.717) is 37.1 Å². The maximum absolute atomic E-state index is 14.0. The van der Waals surface area contributed by atoms with Crippen LogP contribution in [0.4, 0.5) is 24.5 Å². The summed E-state index contributed by atoms with van der Waals surface area (Å²) in [6.07, 6.45) is -0.806. The van der Waals surface area contributed by atoms with Crippen LogP contribution in [0.5, 0.6) is 0 Å². The molecule has 1 saturated heterocycles. The van der Waals surface area contributed by atoms with Crippen molar-refractivity contribution in [2.75, 3.05) is 31.1 Å². The van der Waals surface area contributed by atoms with Gasteiger partial charge in [0, 0.05) is 54.3 Å². The largest absolute Gasteiger partial charge is 0.497 e. The van der Waals surface area contributed by atoms with Crippen molar-refractivity contribution in [3.63, 3.8) is 0 Å². The number of fused-ring (bicyclic) bond motifs is 1. The van der Waals surface area contributed by atoms with Gasteiger partial charge in [0.05, 0.1) is 6.54 Å². The number of amides is 2. The Morgan fingerprint density at radius 1 is 0.925 bits per heavy atom. The van der Waals surface area contributed by atoms with E-state index in [9.17, 15) is 27.6 Å². The van der Waals surface area contributed by atoms with E-state index in [1.807, 2.05) is 12.1 Å². The standard InChI is InChI=1S/C29H28F3N4O4/c30-29(31,32)28(39)40-36(20-21-12-16-34(17-13-21)24-10-14-33-15-11-24)25-9-5-4-8-23(25)18-35(19-26(36)37)27(38)22-6-2-1-3-7-22/h1-11,14-15,21H,12-13,16-20H2/q+1. The second-order valence-electron chi connectivity index (χ2n) is 9.98. The smallest absolute Gasteiger partial charge is 0.371 e. The normalized spacial score (nSPS) is 20.0. The van der Waals surface area contributed by atoms with Gasteiger partial charge in [-0.3, -0.25) is 14.6 Å². The third-order valence-corrected chi connectivity index (χ3v) is 7.41. The highest BCUT2D eigenvalue weighted by molar-refractivity contribution is 5.99. The lowest BCUT2D eigenvalue weighted by atomic mass is 9.95. The van der Waals surface area contributed by atoms with Crippen LogP contribution in [0.15, 0.2) is 79.1 Å². The van der Waals surface area contributed by atoms with Crippen LogP contribution in [0.25, 0.3) is 0 Å². The van der Waals surface area contributed by atoms with Gasteiger partial charge in [-0.1, -0.05) is 36.4 Å². The molecule has 208 valence electrons. The van der Waals surface area contributed by atoms with Gasteiger partial charge < -0.3 is 9.80 Å². The minimum Gasteiger partial charge on any atom is -0.371 e. The first-order valence-electron chi connectivity index (χ1n) is 13.0. The molecular formula is C29H28F3N4O4+. The molecule has 2 aliphatic heterocycles. The Kier molecular flexibility index (Phi) is 7.57. The molecule has 0 spiro atoms. The number of pyridine rings is 1. The minimum atomic E-state index is -5.31. The molecule has 1 fully saturated rings. The lowest BCUT2D eigenvalue weighted by Gasteiger charge is -2.38. The van der Waals surface area contributed by atoms with Crippen LogP contribution in [0.1, 0.15) is 28.8 Å². The summed E-state index contributed by atoms with van der Waals surface area (Å²) in [5.74, 6) is -3.94. The van der Waals surface area contributed by atoms with Crippen molar-refractivity contribution in [3.8, 4) is 0 Å². The molecule has 1 atom stereocenters. The Balaban J connectivity index is 1.49. The van der Waals surface area contributed by atoms with E-state index in [-0.39, 0.29) is 24.7 Å². The average Bonchev–Trinajstić information content (AvgIpc) is 3.08. The van der Waals surface area contributed by atoms with Crippen molar-refractivity contribution < 1.29 is 32.4 Å². The molecule has 0 N–H and O–H groups in total. The van der Waals surface area contributed by atoms with Gasteiger partial charge in [-0.05, 0) is 41.8 Å². The van der Waals surface area contributed by atoms with Crippen LogP contribution >= 0.6 is 0 Å². The number of alkyl halides is 3. The summed E-state index contributed by atoms with van der Waals surface area (Å²) in [5.41, 5.74) is 1.88. The molecule has 3 aromatic rings. The lowest BCUT2D eigenvalue weighted by Crippen LogP contribution is -2.61. The van der Waals surface area contributed by atoms with Crippen molar-refractivity contribution in [3.05, 3.63) is 90.3 Å². The SMILES string of the molecule is O=C(c1ccccc1)N1CC(=O)[N+](CC2CCN(c3ccncc3)CC2)(OC(=O)C(F)(F)F)c2ccccc2C1. The molecule has 2 aromatic carbocycles. The van der Waals surface area contributed by atoms with Crippen molar-refractivity contribution in [2.45, 2.75) is 25.6 Å². The maximum Gasteiger partial charge on any atom is 0.497 e. The Hall–Kier alpha value is -4.25. The zero-order valence-electron chi connectivity index (χ0n) is 21.6. The number of quaternary nitrogens is 1. The van der Waals surface area contributed by atoms with Crippen molar-refractivity contribution in [2.24, 2.45) is 5.92 Å². The summed E-state index contributed by atoms with van der Waals surface area (Å²) in [6.45, 7) is 0.491. The van der Waals surface area contributed by atoms with Gasteiger partial charge in [-0.25, -0.2) is 9.59 Å². The number of hydrogen-bond donors (Lipinski definition) is 0. The van der Waals surface area contributed by atoms with Gasteiger partial charge in [0.2, 0.25) is 0 Å². The number of aromatic nitrogens is 1. The molecular weight excluding hydrogens is 525 g/mol. The zero-order chi connectivity index (χ0) is 28.3. The average molecular weight is 554 g/mol. The van der Waals surface area contributed by atoms with Crippen LogP contribution < -0.4 is 9.55 Å². The number of anilines is 1. The molecule has 8 nitrogen and oxygen atoms in total.